The maximum atomic E-state index is 12.5. The van der Waals surface area contributed by atoms with E-state index in [1.165, 1.54) is 18.2 Å². The van der Waals surface area contributed by atoms with Crippen LogP contribution in [0, 0.1) is 10.1 Å². The zero-order valence-corrected chi connectivity index (χ0v) is 12.9. The number of nitrogens with one attached hydrogen (secondary N) is 1. The van der Waals surface area contributed by atoms with E-state index in [0.29, 0.717) is 0 Å². The number of ether oxygens (including phenoxy) is 2. The average molecular weight is 320 g/mol. The molecule has 0 saturated carbocycles. The molecule has 2 heterocycles. The Morgan fingerprint density at radius 3 is 2.65 bits per heavy atom. The Morgan fingerprint density at radius 1 is 1.39 bits per heavy atom. The highest BCUT2D eigenvalue weighted by molar-refractivity contribution is 5.97. The van der Waals surface area contributed by atoms with E-state index in [0.717, 1.165) is 0 Å². The third-order valence-corrected chi connectivity index (χ3v) is 3.83. The monoisotopic (exact) mass is 320 g/mol. The van der Waals surface area contributed by atoms with Gasteiger partial charge in [-0.1, -0.05) is 12.1 Å². The van der Waals surface area contributed by atoms with Gasteiger partial charge in [-0.05, 0) is 26.8 Å². The standard InChI is InChI=1S/C15H16N2O6/c1-13(2,3)23-12(19)14-8-11(18)22-15(14,16-14)9-6-4-5-7-10(9)17(20)21/h4-7,16H,8H2,1-3H3/t14-,15-/m0/s1. The number of hydrogen-bond acceptors (Lipinski definition) is 7. The molecule has 122 valence electrons. The van der Waals surface area contributed by atoms with Gasteiger partial charge in [0, 0.05) is 6.07 Å². The Bertz CT molecular complexity index is 725. The summed E-state index contributed by atoms with van der Waals surface area (Å²) >= 11 is 0. The molecule has 0 bridgehead atoms. The van der Waals surface area contributed by atoms with Crippen LogP contribution in [0.15, 0.2) is 24.3 Å². The molecule has 23 heavy (non-hydrogen) atoms. The maximum absolute atomic E-state index is 12.5. The molecule has 2 aliphatic heterocycles. The van der Waals surface area contributed by atoms with Crippen molar-refractivity contribution in [2.45, 2.75) is 44.1 Å². The molecule has 2 saturated heterocycles. The Kier molecular flexibility index (Phi) is 3.02. The number of para-hydroxylation sites is 1. The number of rotatable bonds is 3. The Labute approximate surface area is 131 Å². The van der Waals surface area contributed by atoms with Gasteiger partial charge in [0.15, 0.2) is 5.54 Å². The normalized spacial score (nSPS) is 28.7. The number of hydrogen-bond donors (Lipinski definition) is 1. The minimum absolute atomic E-state index is 0.140. The molecule has 2 fully saturated rings. The SMILES string of the molecule is CC(C)(C)OC(=O)[C@@]12CC(=O)O[C@]1(c1ccccc1[N+](=O)[O-])N2. The van der Waals surface area contributed by atoms with Crippen LogP contribution in [0.25, 0.3) is 0 Å². The van der Waals surface area contributed by atoms with Crippen LogP contribution in [0.3, 0.4) is 0 Å². The molecule has 0 aromatic heterocycles. The summed E-state index contributed by atoms with van der Waals surface area (Å²) < 4.78 is 10.6. The smallest absolute Gasteiger partial charge is 0.333 e. The molecule has 0 aliphatic carbocycles. The van der Waals surface area contributed by atoms with Gasteiger partial charge in [0.05, 0.1) is 16.9 Å². The van der Waals surface area contributed by atoms with Crippen molar-refractivity contribution in [3.05, 3.63) is 39.9 Å². The van der Waals surface area contributed by atoms with Gasteiger partial charge in [-0.3, -0.25) is 20.2 Å². The number of benzene rings is 1. The fourth-order valence-electron chi connectivity index (χ4n) is 2.89. The topological polar surface area (TPSA) is 118 Å². The number of esters is 2. The predicted octanol–water partition coefficient (Wildman–Crippen LogP) is 1.38. The first kappa shape index (κ1) is 15.4. The Hall–Kier alpha value is -2.48. The molecule has 0 spiro atoms. The van der Waals surface area contributed by atoms with E-state index in [1.54, 1.807) is 26.8 Å². The highest BCUT2D eigenvalue weighted by atomic mass is 16.6. The number of fused-ring (bicyclic) bond motifs is 1. The highest BCUT2D eigenvalue weighted by Gasteiger charge is 2.83. The third kappa shape index (κ3) is 2.17. The van der Waals surface area contributed by atoms with E-state index in [2.05, 4.69) is 5.32 Å². The van der Waals surface area contributed by atoms with Crippen molar-refractivity contribution in [3.8, 4) is 0 Å². The number of nitrogens with zero attached hydrogens (tertiary/aromatic N) is 1. The summed E-state index contributed by atoms with van der Waals surface area (Å²) in [6, 6.07) is 5.86. The molecule has 3 rings (SSSR count). The van der Waals surface area contributed by atoms with Gasteiger partial charge in [-0.25, -0.2) is 4.79 Å². The summed E-state index contributed by atoms with van der Waals surface area (Å²) in [5.74, 6) is -1.26. The molecule has 2 atom stereocenters. The summed E-state index contributed by atoms with van der Waals surface area (Å²) in [7, 11) is 0. The second kappa shape index (κ2) is 4.51. The lowest BCUT2D eigenvalue weighted by molar-refractivity contribution is -0.386. The Balaban J connectivity index is 2.04. The first-order valence-corrected chi connectivity index (χ1v) is 7.10. The van der Waals surface area contributed by atoms with Crippen LogP contribution in [0.5, 0.6) is 0 Å². The molecular formula is C15H16N2O6. The van der Waals surface area contributed by atoms with E-state index < -0.39 is 33.7 Å². The molecule has 8 heteroatoms. The average Bonchev–Trinajstić information content (AvgIpc) is 2.96. The maximum Gasteiger partial charge on any atom is 0.333 e. The van der Waals surface area contributed by atoms with Gasteiger partial charge in [-0.2, -0.15) is 0 Å². The first-order valence-electron chi connectivity index (χ1n) is 7.10. The molecular weight excluding hydrogens is 304 g/mol. The van der Waals surface area contributed by atoms with Crippen molar-refractivity contribution in [1.29, 1.82) is 0 Å². The lowest BCUT2D eigenvalue weighted by Crippen LogP contribution is -2.37. The van der Waals surface area contributed by atoms with Gasteiger partial charge in [0.1, 0.15) is 5.60 Å². The van der Waals surface area contributed by atoms with E-state index in [-0.39, 0.29) is 17.7 Å². The van der Waals surface area contributed by atoms with Crippen molar-refractivity contribution >= 4 is 17.6 Å². The van der Waals surface area contributed by atoms with E-state index >= 15 is 0 Å². The van der Waals surface area contributed by atoms with Crippen molar-refractivity contribution in [3.63, 3.8) is 0 Å². The van der Waals surface area contributed by atoms with Crippen molar-refractivity contribution < 1.29 is 24.0 Å². The summed E-state index contributed by atoms with van der Waals surface area (Å²) in [4.78, 5) is 35.0. The summed E-state index contributed by atoms with van der Waals surface area (Å²) in [5, 5.41) is 14.1. The molecule has 0 unspecified atom stereocenters. The van der Waals surface area contributed by atoms with Crippen LogP contribution in [-0.4, -0.2) is 28.0 Å². The number of carbonyl (C=O) groups excluding carboxylic acids is 2. The highest BCUT2D eigenvalue weighted by Crippen LogP contribution is 2.58. The Morgan fingerprint density at radius 2 is 2.04 bits per heavy atom. The van der Waals surface area contributed by atoms with Crippen LogP contribution in [-0.2, 0) is 24.8 Å². The molecule has 0 amide bonds. The van der Waals surface area contributed by atoms with Crippen LogP contribution >= 0.6 is 0 Å². The van der Waals surface area contributed by atoms with Gasteiger partial charge >= 0.3 is 11.9 Å². The predicted molar refractivity (Wildman–Crippen MR) is 77.2 cm³/mol. The van der Waals surface area contributed by atoms with Gasteiger partial charge in [-0.15, -0.1) is 0 Å². The second-order valence-corrected chi connectivity index (χ2v) is 6.64. The van der Waals surface area contributed by atoms with Crippen molar-refractivity contribution in [2.24, 2.45) is 0 Å². The molecule has 0 radical (unpaired) electrons. The molecule has 8 nitrogen and oxygen atoms in total. The number of carbonyl (C=O) groups is 2. The molecule has 1 aromatic carbocycles. The fourth-order valence-corrected chi connectivity index (χ4v) is 2.89. The lowest BCUT2D eigenvalue weighted by atomic mass is 9.94. The van der Waals surface area contributed by atoms with Gasteiger partial charge < -0.3 is 9.47 Å². The minimum atomic E-state index is -1.53. The molecule has 2 aliphatic rings. The minimum Gasteiger partial charge on any atom is -0.458 e. The zero-order valence-electron chi connectivity index (χ0n) is 12.9. The van der Waals surface area contributed by atoms with Crippen LogP contribution < -0.4 is 5.32 Å². The van der Waals surface area contributed by atoms with Crippen LogP contribution in [0.4, 0.5) is 5.69 Å². The van der Waals surface area contributed by atoms with Gasteiger partial charge in [0.2, 0.25) is 5.72 Å². The van der Waals surface area contributed by atoms with Crippen molar-refractivity contribution in [1.82, 2.24) is 5.32 Å². The van der Waals surface area contributed by atoms with E-state index in [1.807, 2.05) is 0 Å². The van der Waals surface area contributed by atoms with Crippen LogP contribution in [0.2, 0.25) is 0 Å². The van der Waals surface area contributed by atoms with Gasteiger partial charge in [0.25, 0.3) is 5.69 Å². The van der Waals surface area contributed by atoms with E-state index in [9.17, 15) is 19.7 Å². The van der Waals surface area contributed by atoms with E-state index in [4.69, 9.17) is 9.47 Å². The zero-order chi connectivity index (χ0) is 17.0. The lowest BCUT2D eigenvalue weighted by Gasteiger charge is -2.22. The van der Waals surface area contributed by atoms with Crippen molar-refractivity contribution in [2.75, 3.05) is 0 Å². The number of nitro groups is 1. The second-order valence-electron chi connectivity index (χ2n) is 6.64. The fraction of sp³-hybridized carbons (Fsp3) is 0.467. The first-order chi connectivity index (χ1) is 10.6. The molecule has 1 aromatic rings. The van der Waals surface area contributed by atoms with Crippen LogP contribution in [0.1, 0.15) is 32.8 Å². The number of nitro benzene ring substituents is 1. The third-order valence-electron chi connectivity index (χ3n) is 3.83. The molecule has 1 N–H and O–H groups in total. The largest absolute Gasteiger partial charge is 0.458 e. The quantitative estimate of drug-likeness (QED) is 0.387. The summed E-state index contributed by atoms with van der Waals surface area (Å²) in [6.45, 7) is 5.11. The summed E-state index contributed by atoms with van der Waals surface area (Å²) in [6.07, 6.45) is -0.228. The summed E-state index contributed by atoms with van der Waals surface area (Å²) in [5.41, 5.74) is -3.78.